The van der Waals surface area contributed by atoms with E-state index in [1.807, 2.05) is 0 Å². The highest BCUT2D eigenvalue weighted by molar-refractivity contribution is 5.96. The van der Waals surface area contributed by atoms with E-state index in [1.165, 1.54) is 56.5 Å². The van der Waals surface area contributed by atoms with Crippen LogP contribution in [0, 0.1) is 12.7 Å². The van der Waals surface area contributed by atoms with Gasteiger partial charge in [0, 0.05) is 23.1 Å². The zero-order valence-corrected chi connectivity index (χ0v) is 22.6. The number of carbonyl (C=O) groups excluding carboxylic acids is 1. The third-order valence-corrected chi connectivity index (χ3v) is 6.46. The molecule has 0 amide bonds. The van der Waals surface area contributed by atoms with Crippen molar-refractivity contribution in [2.24, 2.45) is 5.73 Å². The molecule has 0 spiro atoms. The summed E-state index contributed by atoms with van der Waals surface area (Å²) >= 11 is 0. The lowest BCUT2D eigenvalue weighted by atomic mass is 9.86. The van der Waals surface area contributed by atoms with Crippen molar-refractivity contribution in [1.29, 1.82) is 0 Å². The van der Waals surface area contributed by atoms with Gasteiger partial charge < -0.3 is 25.4 Å². The van der Waals surface area contributed by atoms with E-state index in [-0.39, 0.29) is 47.1 Å². The first-order valence-electron chi connectivity index (χ1n) is 12.4. The molecule has 0 radical (unpaired) electrons. The number of Topliss-reactive ketones (excluding diaryl/α,β-unsaturated/α-hetero) is 1. The molecule has 3 aromatic rings. The summed E-state index contributed by atoms with van der Waals surface area (Å²) in [4.78, 5) is 17.1. The molecule has 0 fully saturated rings. The van der Waals surface area contributed by atoms with Gasteiger partial charge in [0.05, 0.1) is 25.1 Å². The Labute approximate surface area is 229 Å². The Bertz CT molecular complexity index is 1370. The minimum absolute atomic E-state index is 0.0204. The molecule has 11 heteroatoms. The third-order valence-electron chi connectivity index (χ3n) is 6.46. The number of pyridine rings is 1. The van der Waals surface area contributed by atoms with Crippen LogP contribution >= 0.6 is 0 Å². The third kappa shape index (κ3) is 6.78. The second-order valence-electron chi connectivity index (χ2n) is 10.0. The van der Waals surface area contributed by atoms with Crippen LogP contribution in [0.5, 0.6) is 11.5 Å². The largest absolute Gasteiger partial charge is 0.493 e. The van der Waals surface area contributed by atoms with E-state index >= 15 is 0 Å². The van der Waals surface area contributed by atoms with Gasteiger partial charge in [-0.05, 0) is 86.8 Å². The van der Waals surface area contributed by atoms with Gasteiger partial charge in [-0.2, -0.15) is 13.2 Å². The van der Waals surface area contributed by atoms with Crippen LogP contribution in [0.25, 0.3) is 11.3 Å². The minimum Gasteiger partial charge on any atom is -0.493 e. The number of hydrogen-bond acceptors (Lipinski definition) is 7. The summed E-state index contributed by atoms with van der Waals surface area (Å²) < 4.78 is 67.8. The van der Waals surface area contributed by atoms with E-state index in [0.717, 1.165) is 6.07 Å². The summed E-state index contributed by atoms with van der Waals surface area (Å²) in [7, 11) is 1.33. The molecule has 0 aliphatic carbocycles. The molecule has 3 rings (SSSR count). The van der Waals surface area contributed by atoms with Crippen LogP contribution in [0.3, 0.4) is 0 Å². The van der Waals surface area contributed by atoms with E-state index in [2.05, 4.69) is 4.98 Å². The Kier molecular flexibility index (Phi) is 9.23. The number of halogens is 4. The lowest BCUT2D eigenvalue weighted by molar-refractivity contribution is -0.270. The number of ether oxygens (including phenoxy) is 2. The van der Waals surface area contributed by atoms with Crippen molar-refractivity contribution in [3.05, 3.63) is 76.7 Å². The summed E-state index contributed by atoms with van der Waals surface area (Å²) in [6.45, 7) is 4.41. The molecule has 1 atom stereocenters. The molecule has 2 aromatic carbocycles. The van der Waals surface area contributed by atoms with Gasteiger partial charge in [0.1, 0.15) is 12.4 Å². The number of nitrogens with zero attached hydrogens (tertiary/aromatic N) is 1. The fourth-order valence-electron chi connectivity index (χ4n) is 4.04. The molecular formula is C29H32F4N2O5. The molecule has 40 heavy (non-hydrogen) atoms. The van der Waals surface area contributed by atoms with Crippen molar-refractivity contribution in [3.63, 3.8) is 0 Å². The first-order valence-corrected chi connectivity index (χ1v) is 12.4. The molecule has 0 aliphatic rings. The number of ketones is 1. The highest BCUT2D eigenvalue weighted by Gasteiger charge is 2.56. The number of aliphatic hydroxyl groups is 2. The van der Waals surface area contributed by atoms with Gasteiger partial charge in [0.2, 0.25) is 5.60 Å². The SMILES string of the molecule is COc1cc(C(=O)CCC(O)(c2cc(C(C)(C)N)cc(-c3ccc(F)c(C)c3)n2)C(F)(F)F)ccc1OCCO. The lowest BCUT2D eigenvalue weighted by Crippen LogP contribution is -2.44. The number of nitrogens with two attached hydrogens (primary N) is 1. The van der Waals surface area contributed by atoms with E-state index in [4.69, 9.17) is 20.3 Å². The molecule has 0 aliphatic heterocycles. The molecular weight excluding hydrogens is 532 g/mol. The Morgan fingerprint density at radius 2 is 1.75 bits per heavy atom. The molecule has 7 nitrogen and oxygen atoms in total. The lowest BCUT2D eigenvalue weighted by Gasteiger charge is -2.32. The van der Waals surface area contributed by atoms with Crippen molar-refractivity contribution in [2.45, 2.75) is 50.9 Å². The highest BCUT2D eigenvalue weighted by atomic mass is 19.4. The number of hydrogen-bond donors (Lipinski definition) is 3. The molecule has 0 saturated heterocycles. The maximum absolute atomic E-state index is 14.5. The Morgan fingerprint density at radius 1 is 1.05 bits per heavy atom. The highest BCUT2D eigenvalue weighted by Crippen LogP contribution is 2.43. The van der Waals surface area contributed by atoms with Crippen LogP contribution in [0.15, 0.2) is 48.5 Å². The number of aryl methyl sites for hydroxylation is 1. The fraction of sp³-hybridized carbons (Fsp3) is 0.379. The molecule has 4 N–H and O–H groups in total. The predicted octanol–water partition coefficient (Wildman–Crippen LogP) is 5.18. The standard InChI is InChI=1S/C29H32F4N2O5/c1-17-13-18(5-7-21(17)30)22-15-20(27(2,3)34)16-26(35-22)28(38,29(31,32)33)10-9-23(37)19-6-8-24(40-12-11-36)25(14-19)39-4/h5-8,13-16,36,38H,9-12,34H2,1-4H3. The number of aliphatic hydroxyl groups excluding tert-OH is 1. The zero-order chi connectivity index (χ0) is 29.9. The average Bonchev–Trinajstić information content (AvgIpc) is 2.90. The van der Waals surface area contributed by atoms with Crippen LogP contribution in [-0.4, -0.2) is 47.5 Å². The predicted molar refractivity (Wildman–Crippen MR) is 141 cm³/mol. The Hall–Kier alpha value is -3.54. The Morgan fingerprint density at radius 3 is 2.33 bits per heavy atom. The maximum Gasteiger partial charge on any atom is 0.422 e. The molecule has 1 heterocycles. The molecule has 0 saturated carbocycles. The summed E-state index contributed by atoms with van der Waals surface area (Å²) in [5.41, 5.74) is 1.83. The van der Waals surface area contributed by atoms with Crippen LogP contribution in [0.1, 0.15) is 53.9 Å². The normalized spacial score (nSPS) is 13.6. The summed E-state index contributed by atoms with van der Waals surface area (Å²) in [6, 6.07) is 10.6. The first kappa shape index (κ1) is 31.0. The number of rotatable bonds is 11. The molecule has 1 aromatic heterocycles. The molecule has 1 unspecified atom stereocenters. The summed E-state index contributed by atoms with van der Waals surface area (Å²) in [6.07, 6.45) is -6.91. The number of benzene rings is 2. The number of carbonyl (C=O) groups is 1. The van der Waals surface area contributed by atoms with Gasteiger partial charge in [0.25, 0.3) is 0 Å². The van der Waals surface area contributed by atoms with Crippen LogP contribution < -0.4 is 15.2 Å². The van der Waals surface area contributed by atoms with Gasteiger partial charge in [-0.3, -0.25) is 4.79 Å². The topological polar surface area (TPSA) is 115 Å². The van der Waals surface area contributed by atoms with Crippen molar-refractivity contribution in [1.82, 2.24) is 4.98 Å². The quantitative estimate of drug-likeness (QED) is 0.217. The van der Waals surface area contributed by atoms with E-state index < -0.39 is 47.5 Å². The van der Waals surface area contributed by atoms with Crippen LogP contribution in [0.2, 0.25) is 0 Å². The van der Waals surface area contributed by atoms with Crippen LogP contribution in [0.4, 0.5) is 17.6 Å². The monoisotopic (exact) mass is 564 g/mol. The van der Waals surface area contributed by atoms with Gasteiger partial charge in [0.15, 0.2) is 17.3 Å². The number of aromatic nitrogens is 1. The van der Waals surface area contributed by atoms with Crippen LogP contribution in [-0.2, 0) is 11.1 Å². The zero-order valence-electron chi connectivity index (χ0n) is 22.6. The molecule has 0 bridgehead atoms. The minimum atomic E-state index is -5.20. The second-order valence-corrected chi connectivity index (χ2v) is 10.0. The first-order chi connectivity index (χ1) is 18.6. The summed E-state index contributed by atoms with van der Waals surface area (Å²) in [5, 5.41) is 20.1. The van der Waals surface area contributed by atoms with Crippen molar-refractivity contribution >= 4 is 5.78 Å². The van der Waals surface area contributed by atoms with Crippen molar-refractivity contribution < 1.29 is 42.0 Å². The number of methoxy groups -OCH3 is 1. The van der Waals surface area contributed by atoms with E-state index in [9.17, 15) is 27.5 Å². The van der Waals surface area contributed by atoms with Gasteiger partial charge in [-0.1, -0.05) is 0 Å². The second kappa shape index (κ2) is 11.9. The van der Waals surface area contributed by atoms with E-state index in [1.54, 1.807) is 13.8 Å². The Balaban J connectivity index is 2.02. The van der Waals surface area contributed by atoms with E-state index in [0.29, 0.717) is 5.56 Å². The molecule has 216 valence electrons. The smallest absolute Gasteiger partial charge is 0.422 e. The summed E-state index contributed by atoms with van der Waals surface area (Å²) in [5.74, 6) is -0.772. The average molecular weight is 565 g/mol. The van der Waals surface area contributed by atoms with Crippen molar-refractivity contribution in [2.75, 3.05) is 20.3 Å². The maximum atomic E-state index is 14.5. The van der Waals surface area contributed by atoms with Crippen molar-refractivity contribution in [3.8, 4) is 22.8 Å². The van der Waals surface area contributed by atoms with Gasteiger partial charge in [-0.25, -0.2) is 9.37 Å². The van der Waals surface area contributed by atoms with Gasteiger partial charge in [-0.15, -0.1) is 0 Å². The number of alkyl halides is 3. The fourth-order valence-corrected chi connectivity index (χ4v) is 4.04. The van der Waals surface area contributed by atoms with Gasteiger partial charge >= 0.3 is 6.18 Å².